The number of halogens is 1. The number of benzene rings is 1. The number of aliphatic carboxylic acids is 1. The van der Waals surface area contributed by atoms with Crippen molar-refractivity contribution in [3.05, 3.63) is 29.6 Å². The Morgan fingerprint density at radius 1 is 1.50 bits per heavy atom. The summed E-state index contributed by atoms with van der Waals surface area (Å²) in [6.45, 7) is 3.23. The van der Waals surface area contributed by atoms with Crippen LogP contribution in [-0.2, 0) is 11.3 Å². The number of nitrogens with one attached hydrogen (secondary N) is 1. The van der Waals surface area contributed by atoms with Gasteiger partial charge in [0, 0.05) is 24.2 Å². The van der Waals surface area contributed by atoms with Crippen molar-refractivity contribution in [2.24, 2.45) is 0 Å². The normalized spacial score (nSPS) is 20.7. The summed E-state index contributed by atoms with van der Waals surface area (Å²) < 4.78 is 18.8. The van der Waals surface area contributed by atoms with Gasteiger partial charge in [-0.2, -0.15) is 0 Å². The minimum atomic E-state index is -0.795. The lowest BCUT2D eigenvalue weighted by molar-refractivity contribution is -0.139. The number of hydrogen-bond acceptors (Lipinski definition) is 4. The molecule has 0 saturated heterocycles. The number of methoxy groups -OCH3 is 1. The number of nitrogens with zero attached hydrogens (tertiary/aromatic N) is 1. The number of hydrogen-bond donors (Lipinski definition) is 2. The monoisotopic (exact) mass is 310 g/mol. The van der Waals surface area contributed by atoms with Gasteiger partial charge in [-0.1, -0.05) is 6.92 Å². The van der Waals surface area contributed by atoms with Crippen LogP contribution in [-0.4, -0.2) is 48.3 Å². The van der Waals surface area contributed by atoms with E-state index in [4.69, 9.17) is 9.84 Å². The predicted molar refractivity (Wildman–Crippen MR) is 81.5 cm³/mol. The lowest BCUT2D eigenvalue weighted by atomic mass is 9.85. The molecule has 0 atom stereocenters. The van der Waals surface area contributed by atoms with E-state index in [-0.39, 0.29) is 12.4 Å². The number of rotatable bonds is 8. The van der Waals surface area contributed by atoms with Gasteiger partial charge in [0.1, 0.15) is 11.6 Å². The van der Waals surface area contributed by atoms with Crippen molar-refractivity contribution >= 4 is 5.97 Å². The van der Waals surface area contributed by atoms with Crippen molar-refractivity contribution in [2.45, 2.75) is 38.4 Å². The molecule has 0 unspecified atom stereocenters. The molecule has 0 bridgehead atoms. The summed E-state index contributed by atoms with van der Waals surface area (Å²) in [4.78, 5) is 12.8. The van der Waals surface area contributed by atoms with E-state index in [9.17, 15) is 9.18 Å². The zero-order chi connectivity index (χ0) is 16.1. The van der Waals surface area contributed by atoms with Crippen molar-refractivity contribution in [1.29, 1.82) is 0 Å². The lowest BCUT2D eigenvalue weighted by Crippen LogP contribution is -2.53. The first kappa shape index (κ1) is 16.7. The first-order valence-corrected chi connectivity index (χ1v) is 7.55. The Morgan fingerprint density at radius 3 is 2.82 bits per heavy atom. The molecule has 2 N–H and O–H groups in total. The summed E-state index contributed by atoms with van der Waals surface area (Å²) in [6.07, 6.45) is 1.79. The van der Waals surface area contributed by atoms with Gasteiger partial charge in [-0.15, -0.1) is 0 Å². The molecule has 0 aliphatic heterocycles. The van der Waals surface area contributed by atoms with Crippen LogP contribution in [0.5, 0.6) is 5.75 Å². The second kappa shape index (κ2) is 7.56. The summed E-state index contributed by atoms with van der Waals surface area (Å²) in [7, 11) is 1.56. The van der Waals surface area contributed by atoms with E-state index >= 15 is 0 Å². The number of carboxylic acid groups (broad SMARTS) is 1. The summed E-state index contributed by atoms with van der Waals surface area (Å²) in [5.74, 6) is -0.398. The van der Waals surface area contributed by atoms with Crippen molar-refractivity contribution in [1.82, 2.24) is 10.2 Å². The van der Waals surface area contributed by atoms with E-state index in [1.807, 2.05) is 11.8 Å². The van der Waals surface area contributed by atoms with E-state index < -0.39 is 5.97 Å². The van der Waals surface area contributed by atoms with Gasteiger partial charge < -0.3 is 15.2 Å². The van der Waals surface area contributed by atoms with Crippen LogP contribution in [0.15, 0.2) is 18.2 Å². The van der Waals surface area contributed by atoms with Crippen molar-refractivity contribution in [3.8, 4) is 5.75 Å². The van der Waals surface area contributed by atoms with Crippen molar-refractivity contribution in [3.63, 3.8) is 0 Å². The lowest BCUT2D eigenvalue weighted by Gasteiger charge is -2.42. The molecule has 0 aromatic heterocycles. The molecule has 5 nitrogen and oxygen atoms in total. The second-order valence-electron chi connectivity index (χ2n) is 5.62. The van der Waals surface area contributed by atoms with Gasteiger partial charge in [0.2, 0.25) is 0 Å². The summed E-state index contributed by atoms with van der Waals surface area (Å²) in [5.41, 5.74) is 0.584. The summed E-state index contributed by atoms with van der Waals surface area (Å²) >= 11 is 0. The molecule has 0 heterocycles. The SMILES string of the molecule is CCN(CC(=O)O)C1CC(NCc2cc(OC)ccc2F)C1. The third-order valence-corrected chi connectivity index (χ3v) is 4.21. The maximum atomic E-state index is 13.7. The minimum Gasteiger partial charge on any atom is -0.497 e. The van der Waals surface area contributed by atoms with Crippen LogP contribution in [0.2, 0.25) is 0 Å². The van der Waals surface area contributed by atoms with Crippen LogP contribution >= 0.6 is 0 Å². The molecular weight excluding hydrogens is 287 g/mol. The Bertz CT molecular complexity index is 518. The molecule has 1 saturated carbocycles. The average molecular weight is 310 g/mol. The molecule has 1 aliphatic rings. The van der Waals surface area contributed by atoms with E-state index in [0.717, 1.165) is 19.4 Å². The Labute approximate surface area is 130 Å². The summed E-state index contributed by atoms with van der Waals surface area (Å²) in [5, 5.41) is 12.2. The van der Waals surface area contributed by atoms with Crippen LogP contribution < -0.4 is 10.1 Å². The third kappa shape index (κ3) is 4.18. The van der Waals surface area contributed by atoms with Crippen molar-refractivity contribution < 1.29 is 19.0 Å². The molecule has 1 aliphatic carbocycles. The van der Waals surface area contributed by atoms with Crippen molar-refractivity contribution in [2.75, 3.05) is 20.2 Å². The molecule has 122 valence electrons. The molecule has 0 spiro atoms. The van der Waals surface area contributed by atoms with E-state index in [2.05, 4.69) is 5.32 Å². The molecule has 1 aromatic rings. The smallest absolute Gasteiger partial charge is 0.317 e. The molecule has 1 aromatic carbocycles. The zero-order valence-electron chi connectivity index (χ0n) is 13.0. The quantitative estimate of drug-likeness (QED) is 0.767. The Morgan fingerprint density at radius 2 is 2.23 bits per heavy atom. The Hall–Kier alpha value is -1.66. The standard InChI is InChI=1S/C16H23FN2O3/c1-3-19(10-16(20)21)13-7-12(8-13)18-9-11-6-14(22-2)4-5-15(11)17/h4-6,12-13,18H,3,7-10H2,1-2H3,(H,20,21). The average Bonchev–Trinajstić information content (AvgIpc) is 2.45. The van der Waals surface area contributed by atoms with Gasteiger partial charge >= 0.3 is 5.97 Å². The maximum absolute atomic E-state index is 13.7. The van der Waals surface area contributed by atoms with Gasteiger partial charge in [0.15, 0.2) is 0 Å². The van der Waals surface area contributed by atoms with Crippen LogP contribution in [0.4, 0.5) is 4.39 Å². The maximum Gasteiger partial charge on any atom is 0.317 e. The molecule has 0 amide bonds. The fourth-order valence-electron chi connectivity index (χ4n) is 2.79. The number of carbonyl (C=O) groups is 1. The topological polar surface area (TPSA) is 61.8 Å². The molecule has 0 radical (unpaired) electrons. The van der Waals surface area contributed by atoms with Gasteiger partial charge in [-0.3, -0.25) is 9.69 Å². The van der Waals surface area contributed by atoms with Crippen LogP contribution in [0.3, 0.4) is 0 Å². The van der Waals surface area contributed by atoms with Gasteiger partial charge in [0.25, 0.3) is 0 Å². The summed E-state index contributed by atoms with van der Waals surface area (Å²) in [6, 6.07) is 5.31. The highest BCUT2D eigenvalue weighted by Crippen LogP contribution is 2.26. The van der Waals surface area contributed by atoms with Gasteiger partial charge in [-0.05, 0) is 37.6 Å². The zero-order valence-corrected chi connectivity index (χ0v) is 13.0. The highest BCUT2D eigenvalue weighted by atomic mass is 19.1. The molecule has 22 heavy (non-hydrogen) atoms. The fraction of sp³-hybridized carbons (Fsp3) is 0.562. The molecular formula is C16H23FN2O3. The van der Waals surface area contributed by atoms with Gasteiger partial charge in [0.05, 0.1) is 13.7 Å². The predicted octanol–water partition coefficient (Wildman–Crippen LogP) is 1.86. The number of ether oxygens (including phenoxy) is 1. The number of likely N-dealkylation sites (N-methyl/N-ethyl adjacent to an activating group) is 1. The third-order valence-electron chi connectivity index (χ3n) is 4.21. The van der Waals surface area contributed by atoms with Crippen LogP contribution in [0.1, 0.15) is 25.3 Å². The van der Waals surface area contributed by atoms with E-state index in [1.165, 1.54) is 6.07 Å². The number of carboxylic acids is 1. The first-order valence-electron chi connectivity index (χ1n) is 7.55. The minimum absolute atomic E-state index is 0.0817. The molecule has 1 fully saturated rings. The van der Waals surface area contributed by atoms with E-state index in [1.54, 1.807) is 19.2 Å². The highest BCUT2D eigenvalue weighted by molar-refractivity contribution is 5.69. The first-order chi connectivity index (χ1) is 10.5. The molecule has 2 rings (SSSR count). The largest absolute Gasteiger partial charge is 0.497 e. The van der Waals surface area contributed by atoms with Crippen LogP contribution in [0, 0.1) is 5.82 Å². The highest BCUT2D eigenvalue weighted by Gasteiger charge is 2.33. The molecule has 6 heteroatoms. The second-order valence-corrected chi connectivity index (χ2v) is 5.62. The fourth-order valence-corrected chi connectivity index (χ4v) is 2.79. The Balaban J connectivity index is 1.79. The van der Waals surface area contributed by atoms with Crippen LogP contribution in [0.25, 0.3) is 0 Å². The van der Waals surface area contributed by atoms with Gasteiger partial charge in [-0.25, -0.2) is 4.39 Å². The van der Waals surface area contributed by atoms with E-state index in [0.29, 0.717) is 29.9 Å². The Kier molecular flexibility index (Phi) is 5.74.